The molecule has 0 unspecified atom stereocenters. The van der Waals surface area contributed by atoms with Gasteiger partial charge in [0.25, 0.3) is 0 Å². The molecule has 2 aromatic carbocycles. The van der Waals surface area contributed by atoms with Crippen LogP contribution < -0.4 is 5.32 Å². The number of carbonyl (C=O) groups excluding carboxylic acids is 3. The van der Waals surface area contributed by atoms with E-state index in [1.165, 1.54) is 20.1 Å². The number of esters is 2. The average molecular weight is 418 g/mol. The number of nitrogens with zero attached hydrogens (tertiary/aromatic N) is 1. The molecule has 0 aliphatic rings. The molecule has 1 amide bonds. The molecular formula is C24H22N2O5. The van der Waals surface area contributed by atoms with Gasteiger partial charge >= 0.3 is 11.9 Å². The van der Waals surface area contributed by atoms with Gasteiger partial charge in [0.2, 0.25) is 5.91 Å². The first-order valence-corrected chi connectivity index (χ1v) is 9.58. The molecule has 1 heterocycles. The van der Waals surface area contributed by atoms with Crippen molar-refractivity contribution in [2.75, 3.05) is 7.11 Å². The minimum absolute atomic E-state index is 0.0178. The summed E-state index contributed by atoms with van der Waals surface area (Å²) in [5.41, 5.74) is 2.58. The Morgan fingerprint density at radius 2 is 1.71 bits per heavy atom. The van der Waals surface area contributed by atoms with E-state index in [4.69, 9.17) is 9.47 Å². The van der Waals surface area contributed by atoms with Crippen LogP contribution in [-0.4, -0.2) is 29.9 Å². The molecule has 31 heavy (non-hydrogen) atoms. The van der Waals surface area contributed by atoms with Gasteiger partial charge in [-0.1, -0.05) is 48.5 Å². The second-order valence-electron chi connectivity index (χ2n) is 6.79. The number of hydrogen-bond acceptors (Lipinski definition) is 6. The van der Waals surface area contributed by atoms with Crippen LogP contribution >= 0.6 is 0 Å². The molecule has 0 saturated heterocycles. The zero-order valence-electron chi connectivity index (χ0n) is 17.5. The van der Waals surface area contributed by atoms with Crippen LogP contribution in [0.5, 0.6) is 0 Å². The molecule has 0 aliphatic carbocycles. The minimum atomic E-state index is -0.748. The van der Waals surface area contributed by atoms with Crippen molar-refractivity contribution in [1.82, 2.24) is 10.3 Å². The highest BCUT2D eigenvalue weighted by Crippen LogP contribution is 2.24. The van der Waals surface area contributed by atoms with E-state index in [-0.39, 0.29) is 23.6 Å². The third kappa shape index (κ3) is 5.14. The van der Waals surface area contributed by atoms with Crippen molar-refractivity contribution in [3.63, 3.8) is 0 Å². The van der Waals surface area contributed by atoms with Crippen molar-refractivity contribution in [3.05, 3.63) is 82.7 Å². The number of methoxy groups -OCH3 is 1. The van der Waals surface area contributed by atoms with Crippen LogP contribution in [0.3, 0.4) is 0 Å². The fourth-order valence-corrected chi connectivity index (χ4v) is 3.18. The monoisotopic (exact) mass is 418 g/mol. The number of pyridine rings is 1. The van der Waals surface area contributed by atoms with Gasteiger partial charge in [-0.3, -0.25) is 4.79 Å². The van der Waals surface area contributed by atoms with Gasteiger partial charge < -0.3 is 14.8 Å². The molecule has 7 nitrogen and oxygen atoms in total. The highest BCUT2D eigenvalue weighted by Gasteiger charge is 2.21. The molecule has 0 atom stereocenters. The SMILES string of the molecule is COC(=O)c1c(COC(=O)/C(=C/c2ccccc2)NC(C)=O)nc2ccccc2c1C. The summed E-state index contributed by atoms with van der Waals surface area (Å²) in [5.74, 6) is -1.72. The maximum atomic E-state index is 12.7. The molecule has 0 bridgehead atoms. The second-order valence-corrected chi connectivity index (χ2v) is 6.79. The van der Waals surface area contributed by atoms with Gasteiger partial charge in [0.15, 0.2) is 0 Å². The number of rotatable bonds is 6. The van der Waals surface area contributed by atoms with Crippen molar-refractivity contribution in [2.24, 2.45) is 0 Å². The fraction of sp³-hybridized carbons (Fsp3) is 0.167. The molecule has 0 fully saturated rings. The van der Waals surface area contributed by atoms with E-state index in [0.717, 1.165) is 10.9 Å². The number of fused-ring (bicyclic) bond motifs is 1. The Hall–Kier alpha value is -4.00. The number of aryl methyl sites for hydroxylation is 1. The number of carbonyl (C=O) groups is 3. The maximum Gasteiger partial charge on any atom is 0.355 e. The largest absolute Gasteiger partial charge is 0.465 e. The van der Waals surface area contributed by atoms with E-state index in [1.807, 2.05) is 42.5 Å². The van der Waals surface area contributed by atoms with Crippen molar-refractivity contribution < 1.29 is 23.9 Å². The summed E-state index contributed by atoms with van der Waals surface area (Å²) in [6, 6.07) is 16.4. The zero-order chi connectivity index (χ0) is 22.4. The van der Waals surface area contributed by atoms with Crippen molar-refractivity contribution in [1.29, 1.82) is 0 Å². The topological polar surface area (TPSA) is 94.6 Å². The van der Waals surface area contributed by atoms with E-state index in [0.29, 0.717) is 11.1 Å². The highest BCUT2D eigenvalue weighted by atomic mass is 16.5. The van der Waals surface area contributed by atoms with E-state index in [2.05, 4.69) is 10.3 Å². The van der Waals surface area contributed by atoms with Gasteiger partial charge in [-0.15, -0.1) is 0 Å². The molecule has 1 aromatic heterocycles. The molecule has 1 N–H and O–H groups in total. The highest BCUT2D eigenvalue weighted by molar-refractivity contribution is 5.99. The van der Waals surface area contributed by atoms with E-state index in [1.54, 1.807) is 19.1 Å². The van der Waals surface area contributed by atoms with Crippen molar-refractivity contribution >= 4 is 34.8 Å². The number of aromatic nitrogens is 1. The number of nitrogens with one attached hydrogen (secondary N) is 1. The first-order chi connectivity index (χ1) is 14.9. The first-order valence-electron chi connectivity index (χ1n) is 9.58. The Kier molecular flexibility index (Phi) is 6.77. The van der Waals surface area contributed by atoms with E-state index >= 15 is 0 Å². The number of para-hydroxylation sites is 1. The predicted molar refractivity (Wildman–Crippen MR) is 116 cm³/mol. The quantitative estimate of drug-likeness (QED) is 0.486. The summed E-state index contributed by atoms with van der Waals surface area (Å²) < 4.78 is 10.3. The third-order valence-corrected chi connectivity index (χ3v) is 4.60. The molecule has 3 aromatic rings. The maximum absolute atomic E-state index is 12.7. The van der Waals surface area contributed by atoms with Crippen LogP contribution in [0.1, 0.15) is 34.1 Å². The Labute approximate surface area is 179 Å². The van der Waals surface area contributed by atoms with Crippen LogP contribution in [0.2, 0.25) is 0 Å². The van der Waals surface area contributed by atoms with Gasteiger partial charge in [-0.05, 0) is 30.2 Å². The molecule has 0 spiro atoms. The molecule has 158 valence electrons. The molecular weight excluding hydrogens is 396 g/mol. The predicted octanol–water partition coefficient (Wildman–Crippen LogP) is 3.55. The smallest absolute Gasteiger partial charge is 0.355 e. The summed E-state index contributed by atoms with van der Waals surface area (Å²) in [5, 5.41) is 3.30. The third-order valence-electron chi connectivity index (χ3n) is 4.60. The number of benzene rings is 2. The summed E-state index contributed by atoms with van der Waals surface area (Å²) in [6.07, 6.45) is 1.52. The van der Waals surface area contributed by atoms with Crippen LogP contribution in [0, 0.1) is 6.92 Å². The summed E-state index contributed by atoms with van der Waals surface area (Å²) in [4.78, 5) is 41.2. The van der Waals surface area contributed by atoms with Gasteiger partial charge in [0.05, 0.1) is 23.9 Å². The normalized spacial score (nSPS) is 11.1. The van der Waals surface area contributed by atoms with E-state index in [9.17, 15) is 14.4 Å². The number of amides is 1. The van der Waals surface area contributed by atoms with Crippen LogP contribution in [-0.2, 0) is 25.7 Å². The summed E-state index contributed by atoms with van der Waals surface area (Å²) in [7, 11) is 1.28. The van der Waals surface area contributed by atoms with Gasteiger partial charge in [0, 0.05) is 12.3 Å². The van der Waals surface area contributed by atoms with Crippen LogP contribution in [0.4, 0.5) is 0 Å². The lowest BCUT2D eigenvalue weighted by Gasteiger charge is -2.14. The zero-order valence-corrected chi connectivity index (χ0v) is 17.5. The van der Waals surface area contributed by atoms with Crippen LogP contribution in [0.15, 0.2) is 60.3 Å². The molecule has 0 saturated carbocycles. The number of ether oxygens (including phenoxy) is 2. The Morgan fingerprint density at radius 1 is 1.03 bits per heavy atom. The molecule has 3 rings (SSSR count). The molecule has 7 heteroatoms. The van der Waals surface area contributed by atoms with Gasteiger partial charge in [-0.25, -0.2) is 14.6 Å². The lowest BCUT2D eigenvalue weighted by molar-refractivity contribution is -0.141. The van der Waals surface area contributed by atoms with Gasteiger partial charge in [-0.2, -0.15) is 0 Å². The second kappa shape index (κ2) is 9.67. The Balaban J connectivity index is 1.92. The minimum Gasteiger partial charge on any atom is -0.465 e. The van der Waals surface area contributed by atoms with Crippen LogP contribution in [0.25, 0.3) is 17.0 Å². The number of hydrogen-bond donors (Lipinski definition) is 1. The Bertz CT molecular complexity index is 1170. The van der Waals surface area contributed by atoms with Crippen molar-refractivity contribution in [3.8, 4) is 0 Å². The fourth-order valence-electron chi connectivity index (χ4n) is 3.18. The van der Waals surface area contributed by atoms with Crippen molar-refractivity contribution in [2.45, 2.75) is 20.5 Å². The van der Waals surface area contributed by atoms with E-state index < -0.39 is 17.8 Å². The molecule has 0 aliphatic heterocycles. The lowest BCUT2D eigenvalue weighted by atomic mass is 10.0. The Morgan fingerprint density at radius 3 is 2.39 bits per heavy atom. The molecule has 0 radical (unpaired) electrons. The first kappa shape index (κ1) is 21.7. The summed E-state index contributed by atoms with van der Waals surface area (Å²) >= 11 is 0. The lowest BCUT2D eigenvalue weighted by Crippen LogP contribution is -2.26. The standard InChI is InChI=1S/C24H22N2O5/c1-15-18-11-7-8-12-19(18)26-21(22(15)24(29)30-3)14-31-23(28)20(25-16(2)27)13-17-9-5-4-6-10-17/h4-13H,14H2,1-3H3,(H,25,27)/b20-13-. The average Bonchev–Trinajstić information content (AvgIpc) is 2.77. The van der Waals surface area contributed by atoms with Gasteiger partial charge in [0.1, 0.15) is 12.3 Å². The summed E-state index contributed by atoms with van der Waals surface area (Å²) in [6.45, 7) is 2.83.